The Labute approximate surface area is 207 Å². The summed E-state index contributed by atoms with van der Waals surface area (Å²) in [6, 6.07) is 9.18. The van der Waals surface area contributed by atoms with Gasteiger partial charge in [-0.1, -0.05) is 29.3 Å². The van der Waals surface area contributed by atoms with Gasteiger partial charge in [-0.2, -0.15) is 13.2 Å². The first-order valence-corrected chi connectivity index (χ1v) is 10.7. The molecular formula is C23H17Cl2F4N3O3. The third-order valence-electron chi connectivity index (χ3n) is 4.84. The number of nitrogens with zero attached hydrogens (tertiary/aromatic N) is 2. The van der Waals surface area contributed by atoms with Gasteiger partial charge in [0.2, 0.25) is 5.91 Å². The Bertz CT molecular complexity index is 1270. The molecule has 184 valence electrons. The summed E-state index contributed by atoms with van der Waals surface area (Å²) in [4.78, 5) is 29.6. The lowest BCUT2D eigenvalue weighted by molar-refractivity contribution is -0.139. The predicted molar refractivity (Wildman–Crippen MR) is 124 cm³/mol. The molecule has 0 aliphatic rings. The Morgan fingerprint density at radius 3 is 2.46 bits per heavy atom. The molecule has 1 aromatic heterocycles. The molecule has 2 N–H and O–H groups in total. The Morgan fingerprint density at radius 1 is 1.11 bits per heavy atom. The summed E-state index contributed by atoms with van der Waals surface area (Å²) < 4.78 is 57.7. The number of alkyl halides is 3. The van der Waals surface area contributed by atoms with E-state index in [2.05, 4.69) is 4.98 Å². The molecule has 3 rings (SSSR count). The Morgan fingerprint density at radius 2 is 1.83 bits per heavy atom. The van der Waals surface area contributed by atoms with E-state index in [0.717, 1.165) is 11.0 Å². The fraction of sp³-hybridized carbons (Fsp3) is 0.174. The summed E-state index contributed by atoms with van der Waals surface area (Å²) in [5.74, 6) is -2.91. The van der Waals surface area contributed by atoms with Crippen LogP contribution in [0.1, 0.15) is 27.1 Å². The first-order chi connectivity index (χ1) is 16.4. The van der Waals surface area contributed by atoms with Gasteiger partial charge in [-0.3, -0.25) is 14.5 Å². The van der Waals surface area contributed by atoms with Gasteiger partial charge in [-0.25, -0.2) is 9.37 Å². The van der Waals surface area contributed by atoms with Crippen LogP contribution in [0, 0.1) is 5.82 Å². The quantitative estimate of drug-likeness (QED) is 0.386. The molecule has 1 heterocycles. The molecule has 6 nitrogen and oxygen atoms in total. The zero-order valence-corrected chi connectivity index (χ0v) is 19.5. The number of hydrogen-bond acceptors (Lipinski definition) is 4. The second kappa shape index (κ2) is 10.5. The maximum absolute atomic E-state index is 14.3. The lowest BCUT2D eigenvalue weighted by Gasteiger charge is -2.21. The smallest absolute Gasteiger partial charge is 0.392 e. The Kier molecular flexibility index (Phi) is 7.86. The fourth-order valence-electron chi connectivity index (χ4n) is 3.09. The molecule has 0 fully saturated rings. The number of carbonyl (C=O) groups is 2. The van der Waals surface area contributed by atoms with Crippen LogP contribution in [0.2, 0.25) is 10.0 Å². The molecule has 0 bridgehead atoms. The summed E-state index contributed by atoms with van der Waals surface area (Å²) in [5, 5.41) is 0.0430. The molecular weight excluding hydrogens is 513 g/mol. The summed E-state index contributed by atoms with van der Waals surface area (Å²) in [5.41, 5.74) is 5.57. The Balaban J connectivity index is 2.06. The molecule has 2 aromatic carbocycles. The van der Waals surface area contributed by atoms with Crippen LogP contribution in [0.25, 0.3) is 11.1 Å². The predicted octanol–water partition coefficient (Wildman–Crippen LogP) is 5.90. The molecule has 0 unspecified atom stereocenters. The normalized spacial score (nSPS) is 11.3. The van der Waals surface area contributed by atoms with Crippen molar-refractivity contribution in [2.24, 2.45) is 5.73 Å². The number of carbonyl (C=O) groups excluding carboxylic acids is 2. The number of amides is 2. The second-order valence-electron chi connectivity index (χ2n) is 7.28. The average molecular weight is 530 g/mol. The van der Waals surface area contributed by atoms with Crippen molar-refractivity contribution in [3.63, 3.8) is 0 Å². The van der Waals surface area contributed by atoms with Crippen LogP contribution >= 0.6 is 23.2 Å². The molecule has 0 spiro atoms. The number of ether oxygens (including phenoxy) is 1. The van der Waals surface area contributed by atoms with Crippen LogP contribution in [0.5, 0.6) is 5.75 Å². The van der Waals surface area contributed by atoms with Gasteiger partial charge in [0.25, 0.3) is 5.91 Å². The Hall–Kier alpha value is -3.37. The zero-order valence-electron chi connectivity index (χ0n) is 18.0. The van der Waals surface area contributed by atoms with Crippen molar-refractivity contribution in [1.82, 2.24) is 4.98 Å². The number of aromatic nitrogens is 1. The number of benzene rings is 2. The van der Waals surface area contributed by atoms with E-state index in [1.165, 1.54) is 49.6 Å². The minimum Gasteiger partial charge on any atom is -0.489 e. The van der Waals surface area contributed by atoms with Crippen molar-refractivity contribution < 1.29 is 31.9 Å². The van der Waals surface area contributed by atoms with Gasteiger partial charge in [0, 0.05) is 35.0 Å². The minimum absolute atomic E-state index is 0.134. The number of primary amides is 1. The summed E-state index contributed by atoms with van der Waals surface area (Å²) >= 11 is 12.2. The van der Waals surface area contributed by atoms with E-state index >= 15 is 0 Å². The first kappa shape index (κ1) is 26.2. The standard InChI is InChI=1S/C23H17Cl2F4N3O3/c1-32(22(34)19-16(25)3-2-4-17(19)26)21-18(35-8-7-23(27,28)29)10-13(11-31-21)14-9-12(20(30)33)5-6-15(14)24/h2-6,9-11H,7-8H2,1H3,(H2,30,33). The lowest BCUT2D eigenvalue weighted by atomic mass is 10.0. The molecule has 2 amide bonds. The van der Waals surface area contributed by atoms with E-state index in [1.54, 1.807) is 0 Å². The van der Waals surface area contributed by atoms with Crippen molar-refractivity contribution >= 4 is 40.8 Å². The van der Waals surface area contributed by atoms with Crippen LogP contribution in [-0.2, 0) is 0 Å². The largest absolute Gasteiger partial charge is 0.489 e. The number of nitrogens with two attached hydrogens (primary N) is 1. The zero-order chi connectivity index (χ0) is 25.9. The summed E-state index contributed by atoms with van der Waals surface area (Å²) in [6.07, 6.45) is -4.50. The third-order valence-corrected chi connectivity index (χ3v) is 5.48. The second-order valence-corrected chi connectivity index (χ2v) is 8.09. The maximum Gasteiger partial charge on any atom is 0.392 e. The number of hydrogen-bond donors (Lipinski definition) is 1. The number of rotatable bonds is 7. The van der Waals surface area contributed by atoms with E-state index < -0.39 is 42.4 Å². The van der Waals surface area contributed by atoms with Crippen molar-refractivity contribution in [2.45, 2.75) is 12.6 Å². The summed E-state index contributed by atoms with van der Waals surface area (Å²) in [6.45, 7) is -0.779. The molecule has 0 aliphatic carbocycles. The molecule has 0 saturated carbocycles. The third kappa shape index (κ3) is 6.20. The van der Waals surface area contributed by atoms with Gasteiger partial charge < -0.3 is 10.5 Å². The first-order valence-electron chi connectivity index (χ1n) is 9.90. The number of halogens is 6. The molecule has 3 aromatic rings. The van der Waals surface area contributed by atoms with Gasteiger partial charge >= 0.3 is 6.18 Å². The maximum atomic E-state index is 14.3. The average Bonchev–Trinajstić information content (AvgIpc) is 2.77. The van der Waals surface area contributed by atoms with Crippen molar-refractivity contribution in [3.8, 4) is 16.9 Å². The molecule has 0 saturated heterocycles. The molecule has 12 heteroatoms. The number of anilines is 1. The van der Waals surface area contributed by atoms with Crippen LogP contribution in [0.4, 0.5) is 23.4 Å². The van der Waals surface area contributed by atoms with E-state index in [9.17, 15) is 27.2 Å². The molecule has 0 aliphatic heterocycles. The van der Waals surface area contributed by atoms with Crippen LogP contribution < -0.4 is 15.4 Å². The van der Waals surface area contributed by atoms with Crippen LogP contribution in [-0.4, -0.2) is 36.6 Å². The topological polar surface area (TPSA) is 85.5 Å². The highest BCUT2D eigenvalue weighted by molar-refractivity contribution is 6.34. The van der Waals surface area contributed by atoms with E-state index in [1.807, 2.05) is 0 Å². The molecule has 0 radical (unpaired) electrons. The summed E-state index contributed by atoms with van der Waals surface area (Å²) in [7, 11) is 1.24. The van der Waals surface area contributed by atoms with E-state index in [0.29, 0.717) is 5.56 Å². The highest BCUT2D eigenvalue weighted by Gasteiger charge is 2.28. The number of pyridine rings is 1. The van der Waals surface area contributed by atoms with Crippen molar-refractivity contribution in [1.29, 1.82) is 0 Å². The highest BCUT2D eigenvalue weighted by atomic mass is 35.5. The van der Waals surface area contributed by atoms with Gasteiger partial charge in [0.15, 0.2) is 11.6 Å². The van der Waals surface area contributed by atoms with Gasteiger partial charge in [-0.05, 0) is 36.4 Å². The van der Waals surface area contributed by atoms with Gasteiger partial charge in [0.05, 0.1) is 23.6 Å². The molecule has 35 heavy (non-hydrogen) atoms. The van der Waals surface area contributed by atoms with E-state index in [4.69, 9.17) is 33.7 Å². The lowest BCUT2D eigenvalue weighted by Crippen LogP contribution is -2.29. The minimum atomic E-state index is -4.49. The molecule has 0 atom stereocenters. The van der Waals surface area contributed by atoms with Crippen LogP contribution in [0.15, 0.2) is 48.7 Å². The highest BCUT2D eigenvalue weighted by Crippen LogP contribution is 2.36. The van der Waals surface area contributed by atoms with Crippen LogP contribution in [0.3, 0.4) is 0 Å². The van der Waals surface area contributed by atoms with Gasteiger partial charge in [0.1, 0.15) is 5.82 Å². The fourth-order valence-corrected chi connectivity index (χ4v) is 3.56. The van der Waals surface area contributed by atoms with E-state index in [-0.39, 0.29) is 32.7 Å². The van der Waals surface area contributed by atoms with Crippen molar-refractivity contribution in [3.05, 3.63) is 75.7 Å². The van der Waals surface area contributed by atoms with Gasteiger partial charge in [-0.15, -0.1) is 0 Å². The monoisotopic (exact) mass is 529 g/mol. The van der Waals surface area contributed by atoms with Crippen molar-refractivity contribution in [2.75, 3.05) is 18.6 Å². The SMILES string of the molecule is CN(C(=O)c1c(F)cccc1Cl)c1ncc(-c2cc(C(N)=O)ccc2Cl)cc1OCCC(F)(F)F.